The SMILES string of the molecule is CC(C)c1ccc(F)c(C(C)C)c1CC(=O)N=S(N)(=O)c1nc(C(C)(C)C)cs1. The van der Waals surface area contributed by atoms with E-state index in [1.807, 2.05) is 48.5 Å². The molecule has 1 unspecified atom stereocenters. The summed E-state index contributed by atoms with van der Waals surface area (Å²) in [4.78, 5) is 17.0. The van der Waals surface area contributed by atoms with Gasteiger partial charge in [0, 0.05) is 10.8 Å². The van der Waals surface area contributed by atoms with Crippen LogP contribution in [0.4, 0.5) is 4.39 Å². The summed E-state index contributed by atoms with van der Waals surface area (Å²) in [6, 6.07) is 3.14. The Morgan fingerprint density at radius 3 is 2.34 bits per heavy atom. The lowest BCUT2D eigenvalue weighted by Gasteiger charge is -2.19. The number of hydrogen-bond donors (Lipinski definition) is 1. The average Bonchev–Trinajstić information content (AvgIpc) is 3.04. The van der Waals surface area contributed by atoms with E-state index < -0.39 is 15.8 Å². The summed E-state index contributed by atoms with van der Waals surface area (Å²) in [5.74, 6) is -0.992. The van der Waals surface area contributed by atoms with Crippen molar-refractivity contribution in [2.45, 2.75) is 76.5 Å². The van der Waals surface area contributed by atoms with E-state index in [4.69, 9.17) is 5.14 Å². The molecule has 0 spiro atoms. The van der Waals surface area contributed by atoms with E-state index in [9.17, 15) is 13.4 Å². The van der Waals surface area contributed by atoms with Crippen molar-refractivity contribution in [1.82, 2.24) is 4.98 Å². The van der Waals surface area contributed by atoms with Gasteiger partial charge in [0.15, 0.2) is 9.92 Å². The molecule has 1 aromatic heterocycles. The third-order valence-electron chi connectivity index (χ3n) is 4.61. The van der Waals surface area contributed by atoms with Gasteiger partial charge in [-0.05, 0) is 34.6 Å². The average molecular weight is 440 g/mol. The van der Waals surface area contributed by atoms with Crippen LogP contribution >= 0.6 is 11.3 Å². The molecule has 160 valence electrons. The standard InChI is InChI=1S/C21H30FN3O2S2/c1-12(2)14-8-9-16(22)19(13(3)4)15(14)10-18(26)25-29(23,27)20-24-17(11-28-20)21(5,6)7/h8-9,11-13H,10H2,1-7H3,(H2,23,25,26,27). The largest absolute Gasteiger partial charge is 0.272 e. The van der Waals surface area contributed by atoms with Crippen LogP contribution in [0.2, 0.25) is 0 Å². The Labute approximate surface area is 177 Å². The number of carbonyl (C=O) groups excluding carboxylic acids is 1. The molecule has 5 nitrogen and oxygen atoms in total. The van der Waals surface area contributed by atoms with Crippen molar-refractivity contribution in [1.29, 1.82) is 0 Å². The van der Waals surface area contributed by atoms with E-state index in [2.05, 4.69) is 9.35 Å². The second-order valence-corrected chi connectivity index (χ2v) is 11.6. The maximum absolute atomic E-state index is 14.5. The minimum atomic E-state index is -3.46. The van der Waals surface area contributed by atoms with Crippen LogP contribution in [0.1, 0.15) is 82.7 Å². The zero-order valence-corrected chi connectivity index (χ0v) is 19.7. The van der Waals surface area contributed by atoms with E-state index in [-0.39, 0.29) is 33.8 Å². The summed E-state index contributed by atoms with van der Waals surface area (Å²) in [6.07, 6.45) is -0.148. The van der Waals surface area contributed by atoms with Gasteiger partial charge in [-0.3, -0.25) is 4.79 Å². The highest BCUT2D eigenvalue weighted by atomic mass is 32.2. The summed E-state index contributed by atoms with van der Waals surface area (Å²) in [5, 5.41) is 7.67. The van der Waals surface area contributed by atoms with Crippen LogP contribution in [0.15, 0.2) is 26.2 Å². The molecule has 8 heteroatoms. The van der Waals surface area contributed by atoms with E-state index in [1.165, 1.54) is 6.07 Å². The zero-order valence-electron chi connectivity index (χ0n) is 18.1. The first-order chi connectivity index (χ1) is 13.2. The van der Waals surface area contributed by atoms with Crippen LogP contribution in [0, 0.1) is 5.82 Å². The Morgan fingerprint density at radius 2 is 1.86 bits per heavy atom. The maximum Gasteiger partial charge on any atom is 0.259 e. The van der Waals surface area contributed by atoms with E-state index in [1.54, 1.807) is 11.4 Å². The third kappa shape index (κ3) is 5.49. The molecule has 0 saturated carbocycles. The Balaban J connectivity index is 2.46. The van der Waals surface area contributed by atoms with Gasteiger partial charge < -0.3 is 0 Å². The second-order valence-electron chi connectivity index (χ2n) is 8.82. The number of nitrogens with two attached hydrogens (primary N) is 1. The van der Waals surface area contributed by atoms with Crippen molar-refractivity contribution < 1.29 is 13.4 Å². The van der Waals surface area contributed by atoms with Crippen LogP contribution in [-0.4, -0.2) is 15.1 Å². The Morgan fingerprint density at radius 1 is 1.24 bits per heavy atom. The molecule has 0 radical (unpaired) electrons. The molecule has 0 aliphatic heterocycles. The van der Waals surface area contributed by atoms with Crippen LogP contribution in [0.3, 0.4) is 0 Å². The summed E-state index contributed by atoms with van der Waals surface area (Å²) in [7, 11) is -3.46. The first-order valence-corrected chi connectivity index (χ1v) is 12.0. The minimum Gasteiger partial charge on any atom is -0.272 e. The van der Waals surface area contributed by atoms with Crippen LogP contribution in [-0.2, 0) is 26.5 Å². The van der Waals surface area contributed by atoms with E-state index in [0.717, 1.165) is 22.6 Å². The monoisotopic (exact) mass is 439 g/mol. The molecule has 0 aliphatic carbocycles. The molecule has 1 amide bonds. The smallest absolute Gasteiger partial charge is 0.259 e. The number of aromatic nitrogens is 1. The highest BCUT2D eigenvalue weighted by Gasteiger charge is 2.23. The van der Waals surface area contributed by atoms with Crippen molar-refractivity contribution in [3.8, 4) is 0 Å². The van der Waals surface area contributed by atoms with Gasteiger partial charge in [0.25, 0.3) is 5.91 Å². The summed E-state index contributed by atoms with van der Waals surface area (Å²) < 4.78 is 31.3. The molecule has 1 aromatic carbocycles. The highest BCUT2D eigenvalue weighted by molar-refractivity contribution is 7.93. The lowest BCUT2D eigenvalue weighted by molar-refractivity contribution is -0.117. The molecule has 2 N–H and O–H groups in total. The first kappa shape index (κ1) is 23.6. The number of nitrogens with zero attached hydrogens (tertiary/aromatic N) is 2. The minimum absolute atomic E-state index is 0.103. The van der Waals surface area contributed by atoms with Gasteiger partial charge in [-0.15, -0.1) is 15.7 Å². The number of thiazole rings is 1. The number of halogens is 1. The molecule has 29 heavy (non-hydrogen) atoms. The summed E-state index contributed by atoms with van der Waals surface area (Å²) in [5.41, 5.74) is 2.49. The lowest BCUT2D eigenvalue weighted by Crippen LogP contribution is -2.18. The number of rotatable bonds is 5. The Hall–Kier alpha value is -1.64. The molecule has 0 aliphatic rings. The van der Waals surface area contributed by atoms with Gasteiger partial charge in [-0.1, -0.05) is 54.5 Å². The number of hydrogen-bond acceptors (Lipinski definition) is 4. The van der Waals surface area contributed by atoms with Crippen molar-refractivity contribution in [3.63, 3.8) is 0 Å². The van der Waals surface area contributed by atoms with E-state index >= 15 is 0 Å². The summed E-state index contributed by atoms with van der Waals surface area (Å²) in [6.45, 7) is 13.7. The van der Waals surface area contributed by atoms with Crippen LogP contribution in [0.5, 0.6) is 0 Å². The predicted molar refractivity (Wildman–Crippen MR) is 117 cm³/mol. The normalized spacial score (nSPS) is 14.3. The third-order valence-corrected chi connectivity index (χ3v) is 7.31. The molecule has 2 rings (SSSR count). The number of benzene rings is 1. The molecular formula is C21H30FN3O2S2. The van der Waals surface area contributed by atoms with Crippen molar-refractivity contribution in [2.75, 3.05) is 0 Å². The van der Waals surface area contributed by atoms with Crippen molar-refractivity contribution >= 4 is 27.2 Å². The second kappa shape index (κ2) is 8.62. The predicted octanol–water partition coefficient (Wildman–Crippen LogP) is 5.30. The zero-order chi connectivity index (χ0) is 22.1. The Kier molecular flexibility index (Phi) is 7.02. The lowest BCUT2D eigenvalue weighted by atomic mass is 9.86. The quantitative estimate of drug-likeness (QED) is 0.686. The van der Waals surface area contributed by atoms with Gasteiger partial charge in [0.2, 0.25) is 4.34 Å². The molecule has 1 heterocycles. The van der Waals surface area contributed by atoms with Gasteiger partial charge in [-0.25, -0.2) is 18.7 Å². The van der Waals surface area contributed by atoms with Gasteiger partial charge >= 0.3 is 0 Å². The van der Waals surface area contributed by atoms with Crippen LogP contribution in [0.25, 0.3) is 0 Å². The van der Waals surface area contributed by atoms with Crippen molar-refractivity contribution in [2.24, 2.45) is 9.50 Å². The molecule has 1 atom stereocenters. The molecule has 0 bridgehead atoms. The maximum atomic E-state index is 14.5. The highest BCUT2D eigenvalue weighted by Crippen LogP contribution is 2.31. The fraction of sp³-hybridized carbons (Fsp3) is 0.524. The van der Waals surface area contributed by atoms with Crippen LogP contribution < -0.4 is 5.14 Å². The van der Waals surface area contributed by atoms with Gasteiger partial charge in [0.05, 0.1) is 12.1 Å². The van der Waals surface area contributed by atoms with Gasteiger partial charge in [0.1, 0.15) is 5.82 Å². The fourth-order valence-corrected chi connectivity index (χ4v) is 5.38. The number of carbonyl (C=O) groups is 1. The molecule has 2 aromatic rings. The Bertz CT molecular complexity index is 1030. The molecule has 0 saturated heterocycles. The molecular weight excluding hydrogens is 409 g/mol. The number of amides is 1. The fourth-order valence-electron chi connectivity index (χ4n) is 3.13. The topological polar surface area (TPSA) is 85.4 Å². The molecule has 0 fully saturated rings. The van der Waals surface area contributed by atoms with E-state index in [0.29, 0.717) is 11.1 Å². The van der Waals surface area contributed by atoms with Gasteiger partial charge in [-0.2, -0.15) is 0 Å². The summed E-state index contributed by atoms with van der Waals surface area (Å²) >= 11 is 1.13. The van der Waals surface area contributed by atoms with Crippen molar-refractivity contribution in [3.05, 3.63) is 45.7 Å². The first-order valence-electron chi connectivity index (χ1n) is 9.59.